The van der Waals surface area contributed by atoms with Gasteiger partial charge in [0, 0.05) is 26.2 Å². The van der Waals surface area contributed by atoms with Crippen LogP contribution in [0.5, 0.6) is 0 Å². The first-order chi connectivity index (χ1) is 7.07. The number of rotatable bonds is 9. The molecule has 0 rings (SSSR count). The number of carbonyl (C=O) groups is 2. The van der Waals surface area contributed by atoms with Gasteiger partial charge in [0.15, 0.2) is 0 Å². The van der Waals surface area contributed by atoms with E-state index < -0.39 is 17.9 Å². The van der Waals surface area contributed by atoms with Gasteiger partial charge in [0.05, 0.1) is 12.5 Å². The zero-order chi connectivity index (χ0) is 11.7. The number of aliphatic carboxylic acids is 1. The molecule has 0 aliphatic carbocycles. The maximum absolute atomic E-state index is 10.8. The molecule has 0 unspecified atom stereocenters. The predicted molar refractivity (Wildman–Crippen MR) is 62.4 cm³/mol. The lowest BCUT2D eigenvalue weighted by atomic mass is 10.2. The quantitative estimate of drug-likeness (QED) is 0.299. The molecule has 7 nitrogen and oxygen atoms in total. The van der Waals surface area contributed by atoms with Gasteiger partial charge in [-0.15, -0.1) is 12.4 Å². The van der Waals surface area contributed by atoms with Crippen molar-refractivity contribution in [2.75, 3.05) is 26.2 Å². The lowest BCUT2D eigenvalue weighted by molar-refractivity contribution is -0.139. The summed E-state index contributed by atoms with van der Waals surface area (Å²) in [5.41, 5.74) is 10.3. The fourth-order valence-electron chi connectivity index (χ4n) is 1.01. The summed E-state index contributed by atoms with van der Waals surface area (Å²) >= 11 is 0. The van der Waals surface area contributed by atoms with Crippen LogP contribution in [0.4, 0.5) is 0 Å². The van der Waals surface area contributed by atoms with E-state index in [-0.39, 0.29) is 18.8 Å². The minimum atomic E-state index is -1.05. The molecule has 0 saturated heterocycles. The topological polar surface area (TPSA) is 130 Å². The molecule has 0 spiro atoms. The van der Waals surface area contributed by atoms with Gasteiger partial charge in [0.2, 0.25) is 5.91 Å². The molecular formula is C8H19ClN4O3. The SMILES string of the molecule is Cl.NCCNCCN[C@@H](CC(=O)O)C(N)=O. The van der Waals surface area contributed by atoms with E-state index in [1.807, 2.05) is 0 Å². The van der Waals surface area contributed by atoms with Crippen LogP contribution in [0.1, 0.15) is 6.42 Å². The molecule has 8 heteroatoms. The van der Waals surface area contributed by atoms with E-state index in [0.29, 0.717) is 26.2 Å². The van der Waals surface area contributed by atoms with Crippen LogP contribution < -0.4 is 22.1 Å². The molecule has 0 radical (unpaired) electrons. The number of carbonyl (C=O) groups excluding carboxylic acids is 1. The molecule has 0 bridgehead atoms. The highest BCUT2D eigenvalue weighted by molar-refractivity contribution is 5.85. The highest BCUT2D eigenvalue weighted by Crippen LogP contribution is 1.90. The molecule has 0 aromatic heterocycles. The summed E-state index contributed by atoms with van der Waals surface area (Å²) in [6.45, 7) is 2.30. The van der Waals surface area contributed by atoms with Gasteiger partial charge < -0.3 is 27.2 Å². The maximum atomic E-state index is 10.8. The number of hydrogen-bond donors (Lipinski definition) is 5. The summed E-state index contributed by atoms with van der Waals surface area (Å²) in [7, 11) is 0. The molecule has 0 aliphatic rings. The fraction of sp³-hybridized carbons (Fsp3) is 0.750. The van der Waals surface area contributed by atoms with E-state index in [2.05, 4.69) is 10.6 Å². The van der Waals surface area contributed by atoms with Gasteiger partial charge in [-0.1, -0.05) is 0 Å². The monoisotopic (exact) mass is 254 g/mol. The number of primary amides is 1. The van der Waals surface area contributed by atoms with Gasteiger partial charge in [-0.2, -0.15) is 0 Å². The molecular weight excluding hydrogens is 236 g/mol. The van der Waals surface area contributed by atoms with Gasteiger partial charge in [0.1, 0.15) is 0 Å². The van der Waals surface area contributed by atoms with Gasteiger partial charge in [0.25, 0.3) is 0 Å². The summed E-state index contributed by atoms with van der Waals surface area (Å²) in [4.78, 5) is 21.2. The van der Waals surface area contributed by atoms with Crippen molar-refractivity contribution >= 4 is 24.3 Å². The Hall–Kier alpha value is -0.890. The van der Waals surface area contributed by atoms with Gasteiger partial charge in [-0.3, -0.25) is 9.59 Å². The average molecular weight is 255 g/mol. The smallest absolute Gasteiger partial charge is 0.305 e. The minimum absolute atomic E-state index is 0. The highest BCUT2D eigenvalue weighted by atomic mass is 35.5. The third-order valence-corrected chi connectivity index (χ3v) is 1.74. The van der Waals surface area contributed by atoms with E-state index in [1.54, 1.807) is 0 Å². The highest BCUT2D eigenvalue weighted by Gasteiger charge is 2.17. The summed E-state index contributed by atoms with van der Waals surface area (Å²) < 4.78 is 0. The zero-order valence-electron chi connectivity index (χ0n) is 8.94. The fourth-order valence-corrected chi connectivity index (χ4v) is 1.01. The van der Waals surface area contributed by atoms with Crippen LogP contribution in [-0.2, 0) is 9.59 Å². The zero-order valence-corrected chi connectivity index (χ0v) is 9.76. The van der Waals surface area contributed by atoms with Crippen molar-refractivity contribution in [2.45, 2.75) is 12.5 Å². The van der Waals surface area contributed by atoms with Crippen molar-refractivity contribution in [3.8, 4) is 0 Å². The third-order valence-electron chi connectivity index (χ3n) is 1.74. The Morgan fingerprint density at radius 2 is 1.88 bits per heavy atom. The van der Waals surface area contributed by atoms with Gasteiger partial charge in [-0.05, 0) is 0 Å². The largest absolute Gasteiger partial charge is 0.481 e. The number of halogens is 1. The summed E-state index contributed by atoms with van der Waals surface area (Å²) in [6.07, 6.45) is -0.299. The van der Waals surface area contributed by atoms with Crippen molar-refractivity contribution in [3.63, 3.8) is 0 Å². The lowest BCUT2D eigenvalue weighted by Crippen LogP contribution is -2.45. The second kappa shape index (κ2) is 10.6. The first-order valence-corrected chi connectivity index (χ1v) is 4.73. The number of carboxylic acids is 1. The Balaban J connectivity index is 0. The number of nitrogens with one attached hydrogen (secondary N) is 2. The van der Waals surface area contributed by atoms with E-state index in [9.17, 15) is 9.59 Å². The predicted octanol–water partition coefficient (Wildman–Crippen LogP) is -2.13. The normalized spacial score (nSPS) is 11.6. The molecule has 0 aromatic carbocycles. The lowest BCUT2D eigenvalue weighted by Gasteiger charge is -2.13. The molecule has 7 N–H and O–H groups in total. The van der Waals surface area contributed by atoms with Crippen LogP contribution in [0.3, 0.4) is 0 Å². The van der Waals surface area contributed by atoms with Crippen molar-refractivity contribution in [3.05, 3.63) is 0 Å². The molecule has 0 fully saturated rings. The molecule has 96 valence electrons. The van der Waals surface area contributed by atoms with E-state index in [4.69, 9.17) is 16.6 Å². The van der Waals surface area contributed by atoms with E-state index >= 15 is 0 Å². The number of carboxylic acid groups (broad SMARTS) is 1. The van der Waals surface area contributed by atoms with Crippen LogP contribution in [0.15, 0.2) is 0 Å². The summed E-state index contributed by atoms with van der Waals surface area (Å²) in [6, 6.07) is -0.817. The maximum Gasteiger partial charge on any atom is 0.305 e. The van der Waals surface area contributed by atoms with Crippen molar-refractivity contribution < 1.29 is 14.7 Å². The number of amides is 1. The van der Waals surface area contributed by atoms with Gasteiger partial charge in [-0.25, -0.2) is 0 Å². The standard InChI is InChI=1S/C8H18N4O3.ClH/c9-1-2-11-3-4-12-6(8(10)15)5-7(13)14;/h6,11-12H,1-5,9H2,(H2,10,15)(H,13,14);1H/t6-;/m0./s1. The third kappa shape index (κ3) is 9.66. The van der Waals surface area contributed by atoms with Gasteiger partial charge >= 0.3 is 5.97 Å². The number of nitrogens with two attached hydrogens (primary N) is 2. The minimum Gasteiger partial charge on any atom is -0.481 e. The van der Waals surface area contributed by atoms with Crippen molar-refractivity contribution in [1.82, 2.24) is 10.6 Å². The molecule has 0 aromatic rings. The molecule has 16 heavy (non-hydrogen) atoms. The Morgan fingerprint density at radius 1 is 1.25 bits per heavy atom. The van der Waals surface area contributed by atoms with Crippen LogP contribution in [0.25, 0.3) is 0 Å². The second-order valence-corrected chi connectivity index (χ2v) is 3.05. The second-order valence-electron chi connectivity index (χ2n) is 3.05. The van der Waals surface area contributed by atoms with Crippen molar-refractivity contribution in [2.24, 2.45) is 11.5 Å². The Bertz CT molecular complexity index is 215. The first-order valence-electron chi connectivity index (χ1n) is 4.73. The Morgan fingerprint density at radius 3 is 2.31 bits per heavy atom. The van der Waals surface area contributed by atoms with E-state index in [0.717, 1.165) is 0 Å². The van der Waals surface area contributed by atoms with Crippen LogP contribution in [0, 0.1) is 0 Å². The molecule has 0 heterocycles. The van der Waals surface area contributed by atoms with E-state index in [1.165, 1.54) is 0 Å². The van der Waals surface area contributed by atoms with Crippen LogP contribution >= 0.6 is 12.4 Å². The molecule has 1 amide bonds. The first kappa shape index (κ1) is 17.5. The Labute approximate surface area is 100 Å². The molecule has 0 aliphatic heterocycles. The van der Waals surface area contributed by atoms with Crippen LogP contribution in [-0.4, -0.2) is 49.2 Å². The summed E-state index contributed by atoms with van der Waals surface area (Å²) in [5, 5.41) is 14.2. The molecule has 1 atom stereocenters. The van der Waals surface area contributed by atoms with Crippen LogP contribution in [0.2, 0.25) is 0 Å². The van der Waals surface area contributed by atoms with Crippen molar-refractivity contribution in [1.29, 1.82) is 0 Å². The number of hydrogen-bond acceptors (Lipinski definition) is 5. The Kier molecular flexibility index (Phi) is 11.6. The summed E-state index contributed by atoms with van der Waals surface area (Å²) in [5.74, 6) is -1.71. The average Bonchev–Trinajstić information content (AvgIpc) is 2.15. The molecule has 0 saturated carbocycles.